The van der Waals surface area contributed by atoms with Crippen molar-refractivity contribution in [1.82, 2.24) is 0 Å². The van der Waals surface area contributed by atoms with Gasteiger partial charge in [-0.05, 0) is 12.0 Å². The molecule has 1 heteroatoms. The third-order valence-electron chi connectivity index (χ3n) is 2.14. The number of hydrogen-bond acceptors (Lipinski definition) is 1. The van der Waals surface area contributed by atoms with E-state index in [-0.39, 0.29) is 0 Å². The fraction of sp³-hybridized carbons (Fsp3) is 0.182. The van der Waals surface area contributed by atoms with Gasteiger partial charge in [0.25, 0.3) is 0 Å². The number of hydrogen-bond donors (Lipinski definition) is 0. The van der Waals surface area contributed by atoms with E-state index in [1.165, 1.54) is 5.57 Å². The van der Waals surface area contributed by atoms with Crippen molar-refractivity contribution in [2.45, 2.75) is 6.42 Å². The van der Waals surface area contributed by atoms with E-state index in [2.05, 4.69) is 42.5 Å². The smallest absolute Gasteiger partial charge is 0.0310 e. The summed E-state index contributed by atoms with van der Waals surface area (Å²) in [5, 5.41) is 0. The molecule has 0 amide bonds. The molecule has 0 saturated heterocycles. The van der Waals surface area contributed by atoms with Gasteiger partial charge in [0.05, 0.1) is 0 Å². The normalized spacial score (nSPS) is 20.5. The molecule has 2 aliphatic carbocycles. The summed E-state index contributed by atoms with van der Waals surface area (Å²) in [6, 6.07) is 0. The molecule has 0 atom stereocenters. The molecular weight excluding hydrogens is 164 g/mol. The Morgan fingerprint density at radius 1 is 1.25 bits per heavy atom. The van der Waals surface area contributed by atoms with Crippen LogP contribution >= 0.6 is 12.2 Å². The van der Waals surface area contributed by atoms with Crippen LogP contribution in [0.15, 0.2) is 48.1 Å². The van der Waals surface area contributed by atoms with Crippen molar-refractivity contribution in [3.63, 3.8) is 0 Å². The van der Waals surface area contributed by atoms with Gasteiger partial charge in [0.1, 0.15) is 0 Å². The van der Waals surface area contributed by atoms with E-state index in [9.17, 15) is 0 Å². The molecule has 0 aromatic rings. The number of thiocarbonyl (C=S) groups is 1. The summed E-state index contributed by atoms with van der Waals surface area (Å²) >= 11 is 5.36. The van der Waals surface area contributed by atoms with Crippen LogP contribution in [-0.2, 0) is 0 Å². The van der Waals surface area contributed by atoms with Gasteiger partial charge >= 0.3 is 0 Å². The molecule has 0 heterocycles. The van der Waals surface area contributed by atoms with Crippen molar-refractivity contribution in [3.05, 3.63) is 48.1 Å². The molecule has 0 aliphatic heterocycles. The van der Waals surface area contributed by atoms with Gasteiger partial charge in [-0.3, -0.25) is 0 Å². The van der Waals surface area contributed by atoms with E-state index < -0.39 is 0 Å². The van der Waals surface area contributed by atoms with Crippen LogP contribution in [0.25, 0.3) is 0 Å². The van der Waals surface area contributed by atoms with Crippen LogP contribution in [0.4, 0.5) is 0 Å². The highest BCUT2D eigenvalue weighted by Crippen LogP contribution is 2.21. The van der Waals surface area contributed by atoms with Crippen LogP contribution in [0, 0.1) is 5.92 Å². The molecule has 0 nitrogen and oxygen atoms in total. The summed E-state index contributed by atoms with van der Waals surface area (Å²) in [5.74, 6) is 0.367. The van der Waals surface area contributed by atoms with Gasteiger partial charge in [0.15, 0.2) is 0 Å². The van der Waals surface area contributed by atoms with Crippen molar-refractivity contribution in [3.8, 4) is 0 Å². The van der Waals surface area contributed by atoms with E-state index >= 15 is 0 Å². The SMILES string of the molecule is S=C(C1=CC=CC1)C1C=CC=C1. The Morgan fingerprint density at radius 2 is 2.00 bits per heavy atom. The topological polar surface area (TPSA) is 0 Å². The monoisotopic (exact) mass is 174 g/mol. The molecule has 0 spiro atoms. The van der Waals surface area contributed by atoms with E-state index in [0.717, 1.165) is 11.3 Å². The molecule has 0 bridgehead atoms. The molecule has 0 radical (unpaired) electrons. The zero-order valence-corrected chi connectivity index (χ0v) is 7.55. The van der Waals surface area contributed by atoms with Crippen LogP contribution in [0.1, 0.15) is 6.42 Å². The highest BCUT2D eigenvalue weighted by molar-refractivity contribution is 7.81. The summed E-state index contributed by atoms with van der Waals surface area (Å²) in [7, 11) is 0. The Bertz CT molecular complexity index is 304. The first-order valence-electron chi connectivity index (χ1n) is 4.13. The highest BCUT2D eigenvalue weighted by Gasteiger charge is 2.14. The largest absolute Gasteiger partial charge is 0.0836 e. The molecule has 60 valence electrons. The minimum absolute atomic E-state index is 0.367. The van der Waals surface area contributed by atoms with Crippen LogP contribution < -0.4 is 0 Å². The zero-order valence-electron chi connectivity index (χ0n) is 6.73. The lowest BCUT2D eigenvalue weighted by Crippen LogP contribution is -2.07. The lowest BCUT2D eigenvalue weighted by molar-refractivity contribution is 1.17. The van der Waals surface area contributed by atoms with E-state index in [4.69, 9.17) is 12.2 Å². The molecule has 0 unspecified atom stereocenters. The van der Waals surface area contributed by atoms with Crippen LogP contribution in [0.2, 0.25) is 0 Å². The average molecular weight is 174 g/mol. The van der Waals surface area contributed by atoms with E-state index in [1.807, 2.05) is 0 Å². The first kappa shape index (κ1) is 7.69. The van der Waals surface area contributed by atoms with Crippen LogP contribution in [-0.4, -0.2) is 4.86 Å². The minimum atomic E-state index is 0.367. The molecule has 0 aromatic carbocycles. The van der Waals surface area contributed by atoms with Gasteiger partial charge in [-0.15, -0.1) is 0 Å². The van der Waals surface area contributed by atoms with Gasteiger partial charge in [0.2, 0.25) is 0 Å². The number of allylic oxidation sites excluding steroid dienone is 8. The van der Waals surface area contributed by atoms with Gasteiger partial charge in [-0.25, -0.2) is 0 Å². The second-order valence-corrected chi connectivity index (χ2v) is 3.42. The maximum Gasteiger partial charge on any atom is 0.0310 e. The molecule has 2 rings (SSSR count). The zero-order chi connectivity index (χ0) is 8.39. The summed E-state index contributed by atoms with van der Waals surface area (Å²) < 4.78 is 0. The summed E-state index contributed by atoms with van der Waals surface area (Å²) in [6.45, 7) is 0. The minimum Gasteiger partial charge on any atom is -0.0836 e. The van der Waals surface area contributed by atoms with Crippen molar-refractivity contribution in [2.24, 2.45) is 5.92 Å². The fourth-order valence-corrected chi connectivity index (χ4v) is 1.76. The van der Waals surface area contributed by atoms with Gasteiger partial charge < -0.3 is 0 Å². The highest BCUT2D eigenvalue weighted by atomic mass is 32.1. The molecule has 0 fully saturated rings. The van der Waals surface area contributed by atoms with Gasteiger partial charge in [-0.2, -0.15) is 0 Å². The summed E-state index contributed by atoms with van der Waals surface area (Å²) in [4.78, 5) is 1.07. The Morgan fingerprint density at radius 3 is 2.58 bits per heavy atom. The Kier molecular flexibility index (Phi) is 2.05. The second-order valence-electron chi connectivity index (χ2n) is 2.98. The first-order chi connectivity index (χ1) is 5.88. The van der Waals surface area contributed by atoms with Crippen molar-refractivity contribution in [2.75, 3.05) is 0 Å². The lowest BCUT2D eigenvalue weighted by Gasteiger charge is -2.07. The molecule has 0 aromatic heterocycles. The van der Waals surface area contributed by atoms with E-state index in [0.29, 0.717) is 5.92 Å². The maximum atomic E-state index is 5.36. The predicted octanol–water partition coefficient (Wildman–Crippen LogP) is 2.98. The summed E-state index contributed by atoms with van der Waals surface area (Å²) in [5.41, 5.74) is 1.30. The molecule has 12 heavy (non-hydrogen) atoms. The number of rotatable bonds is 2. The van der Waals surface area contributed by atoms with Crippen molar-refractivity contribution >= 4 is 17.1 Å². The molecular formula is C11H10S. The Labute approximate surface area is 78.0 Å². The quantitative estimate of drug-likeness (QED) is 0.580. The predicted molar refractivity (Wildman–Crippen MR) is 56.2 cm³/mol. The molecule has 0 N–H and O–H groups in total. The van der Waals surface area contributed by atoms with Crippen LogP contribution in [0.5, 0.6) is 0 Å². The Balaban J connectivity index is 2.10. The standard InChI is InChI=1S/C11H10S/c12-11(9-5-1-2-6-9)10-7-3-4-8-10/h1-7,9H,8H2. The van der Waals surface area contributed by atoms with Gasteiger partial charge in [0, 0.05) is 10.8 Å². The average Bonchev–Trinajstić information content (AvgIpc) is 2.77. The second kappa shape index (κ2) is 3.20. The van der Waals surface area contributed by atoms with E-state index in [1.54, 1.807) is 0 Å². The van der Waals surface area contributed by atoms with Crippen molar-refractivity contribution in [1.29, 1.82) is 0 Å². The lowest BCUT2D eigenvalue weighted by atomic mass is 10.00. The maximum absolute atomic E-state index is 5.36. The van der Waals surface area contributed by atoms with Crippen molar-refractivity contribution < 1.29 is 0 Å². The third-order valence-corrected chi connectivity index (χ3v) is 2.67. The fourth-order valence-electron chi connectivity index (χ4n) is 1.45. The van der Waals surface area contributed by atoms with Crippen LogP contribution in [0.3, 0.4) is 0 Å². The molecule has 0 saturated carbocycles. The molecule has 2 aliphatic rings. The summed E-state index contributed by atoms with van der Waals surface area (Å²) in [6.07, 6.45) is 15.7. The Hall–Kier alpha value is -0.950. The third kappa shape index (κ3) is 1.32. The first-order valence-corrected chi connectivity index (χ1v) is 4.53. The van der Waals surface area contributed by atoms with Gasteiger partial charge in [-0.1, -0.05) is 54.8 Å².